The van der Waals surface area contributed by atoms with Gasteiger partial charge in [-0.05, 0) is 29.7 Å². The second-order valence-corrected chi connectivity index (χ2v) is 8.20. The van der Waals surface area contributed by atoms with Crippen molar-refractivity contribution in [3.05, 3.63) is 59.9 Å². The molecule has 3 nitrogen and oxygen atoms in total. The predicted octanol–water partition coefficient (Wildman–Crippen LogP) is 6.36. The summed E-state index contributed by atoms with van der Waals surface area (Å²) >= 11 is 0. The van der Waals surface area contributed by atoms with Crippen LogP contribution in [-0.4, -0.2) is 32.8 Å². The summed E-state index contributed by atoms with van der Waals surface area (Å²) in [5, 5.41) is 10.4. The van der Waals surface area contributed by atoms with Crippen molar-refractivity contribution in [2.45, 2.75) is 45.7 Å². The Morgan fingerprint density at radius 1 is 1.00 bits per heavy atom. The Hall–Kier alpha value is -0.566. The Morgan fingerprint density at radius 3 is 2.03 bits per heavy atom. The number of hydrogen-bond acceptors (Lipinski definition) is 3. The van der Waals surface area contributed by atoms with Crippen molar-refractivity contribution in [1.82, 2.24) is 0 Å². The second-order valence-electron chi connectivity index (χ2n) is 6.51. The summed E-state index contributed by atoms with van der Waals surface area (Å²) in [6.45, 7) is 4.27. The van der Waals surface area contributed by atoms with Crippen LogP contribution in [-0.2, 0) is 10.8 Å². The monoisotopic (exact) mass is 581 g/mol. The first-order chi connectivity index (χ1) is 13.7. The third kappa shape index (κ3) is 11.2. The van der Waals surface area contributed by atoms with Crippen LogP contribution >= 0.6 is 0 Å². The molecule has 0 fully saturated rings. The van der Waals surface area contributed by atoms with Gasteiger partial charge >= 0.3 is 6.18 Å². The molecule has 167 valence electrons. The fourth-order valence-electron chi connectivity index (χ4n) is 2.34. The van der Waals surface area contributed by atoms with Gasteiger partial charge in [-0.3, -0.25) is 9.00 Å². The number of alkyl halides is 3. The molecule has 0 saturated heterocycles. The maximum atomic E-state index is 12.1. The molecule has 0 aliphatic heterocycles. The normalized spacial score (nSPS) is 11.6. The summed E-state index contributed by atoms with van der Waals surface area (Å²) in [6.07, 6.45) is -0.154. The van der Waals surface area contributed by atoms with Crippen LogP contribution < -0.4 is 0 Å². The van der Waals surface area contributed by atoms with Crippen LogP contribution in [0.5, 0.6) is 0 Å². The van der Waals surface area contributed by atoms with Crippen molar-refractivity contribution in [2.24, 2.45) is 0 Å². The molecule has 1 N–H and O–H groups in total. The molecule has 8 heteroatoms. The minimum absolute atomic E-state index is 0. The molecule has 0 spiro atoms. The molecule has 1 radical (unpaired) electrons. The zero-order valence-electron chi connectivity index (χ0n) is 17.0. The number of unbranched alkanes of at least 4 members (excludes halogenated alkanes) is 2. The summed E-state index contributed by atoms with van der Waals surface area (Å²) in [6, 6.07) is 11.7. The molecular weight excluding hydrogens is 553 g/mol. The smallest absolute Gasteiger partial charge is 0.448 e. The van der Waals surface area contributed by atoms with Gasteiger partial charge < -0.3 is 5.11 Å². The van der Waals surface area contributed by atoms with E-state index in [1.807, 2.05) is 12.1 Å². The molecule has 0 heterocycles. The van der Waals surface area contributed by atoms with Gasteiger partial charge in [-0.25, -0.2) is 0 Å². The molecular formula is C22H27EuF3O3S. The minimum Gasteiger partial charge on any atom is -0.504 e. The number of carbonyl (C=O) groups is 1. The van der Waals surface area contributed by atoms with Crippen molar-refractivity contribution >= 4 is 27.4 Å². The third-order valence-electron chi connectivity index (χ3n) is 4.04. The van der Waals surface area contributed by atoms with E-state index >= 15 is 0 Å². The fraction of sp³-hybridized carbons (Fsp3) is 0.409. The van der Waals surface area contributed by atoms with E-state index in [1.165, 1.54) is 12.1 Å². The maximum absolute atomic E-state index is 12.1. The number of hydrogen-bond donors (Lipinski definition) is 1. The largest absolute Gasteiger partial charge is 0.504 e. The number of ketones is 1. The summed E-state index contributed by atoms with van der Waals surface area (Å²) in [7, 11) is -0.520. The van der Waals surface area contributed by atoms with E-state index in [4.69, 9.17) is 5.11 Å². The number of rotatable bonds is 8. The van der Waals surface area contributed by atoms with Crippen LogP contribution in [0.4, 0.5) is 13.2 Å². The topological polar surface area (TPSA) is 54.4 Å². The Bertz CT molecular complexity index is 841. The Kier molecular flexibility index (Phi) is 15.0. The minimum atomic E-state index is -4.91. The molecule has 0 aliphatic carbocycles. The van der Waals surface area contributed by atoms with Crippen molar-refractivity contribution in [1.29, 1.82) is 0 Å². The maximum Gasteiger partial charge on any atom is 0.448 e. The molecule has 2 rings (SSSR count). The summed E-state index contributed by atoms with van der Waals surface area (Å²) in [5.74, 6) is -0.960. The number of aliphatic hydroxyl groups excluding tert-OH is 1. The van der Waals surface area contributed by atoms with Crippen LogP contribution in [0.3, 0.4) is 0 Å². The number of allylic oxidation sites excluding steroid dienone is 2. The van der Waals surface area contributed by atoms with Crippen molar-refractivity contribution in [3.8, 4) is 0 Å². The van der Waals surface area contributed by atoms with E-state index in [-0.39, 0.29) is 61.0 Å². The van der Waals surface area contributed by atoms with Gasteiger partial charge in [0, 0.05) is 83.3 Å². The quantitative estimate of drug-likeness (QED) is 0.225. The van der Waals surface area contributed by atoms with E-state index < -0.39 is 28.5 Å². The SMILES string of the molecule is CCCCS(=O)CCCC.O=C(/C=C(\O)C(F)(F)F)c1ccc2ccccc2c1.[Eu]. The van der Waals surface area contributed by atoms with Crippen LogP contribution in [0.25, 0.3) is 10.8 Å². The Labute approximate surface area is 219 Å². The van der Waals surface area contributed by atoms with Gasteiger partial charge in [0.15, 0.2) is 5.78 Å². The van der Waals surface area contributed by atoms with Crippen LogP contribution in [0.1, 0.15) is 49.9 Å². The zero-order valence-corrected chi connectivity index (χ0v) is 20.3. The van der Waals surface area contributed by atoms with E-state index in [0.29, 0.717) is 0 Å². The molecule has 0 aromatic heterocycles. The summed E-state index contributed by atoms with van der Waals surface area (Å²) < 4.78 is 47.4. The van der Waals surface area contributed by atoms with Crippen molar-refractivity contribution < 1.29 is 76.7 Å². The molecule has 0 amide bonds. The Morgan fingerprint density at radius 2 is 1.53 bits per heavy atom. The van der Waals surface area contributed by atoms with Crippen LogP contribution in [0.2, 0.25) is 0 Å². The predicted molar refractivity (Wildman–Crippen MR) is 113 cm³/mol. The first kappa shape index (κ1) is 29.4. The Balaban J connectivity index is 0.000000658. The third-order valence-corrected chi connectivity index (χ3v) is 5.53. The summed E-state index contributed by atoms with van der Waals surface area (Å²) in [5.41, 5.74) is 0.0921. The van der Waals surface area contributed by atoms with Crippen LogP contribution in [0.15, 0.2) is 54.3 Å². The molecule has 0 aliphatic rings. The number of halogens is 3. The van der Waals surface area contributed by atoms with Crippen molar-refractivity contribution in [3.63, 3.8) is 0 Å². The first-order valence-electron chi connectivity index (χ1n) is 9.55. The van der Waals surface area contributed by atoms with Gasteiger partial charge in [0.2, 0.25) is 5.76 Å². The molecule has 0 atom stereocenters. The van der Waals surface area contributed by atoms with E-state index in [1.54, 1.807) is 18.2 Å². The number of carbonyl (C=O) groups excluding carboxylic acids is 1. The fourth-order valence-corrected chi connectivity index (χ4v) is 3.77. The second kappa shape index (κ2) is 15.3. The molecule has 2 aromatic carbocycles. The van der Waals surface area contributed by atoms with E-state index in [2.05, 4.69) is 13.8 Å². The van der Waals surface area contributed by atoms with E-state index in [0.717, 1.165) is 48.0 Å². The van der Waals surface area contributed by atoms with Gasteiger partial charge in [-0.15, -0.1) is 0 Å². The molecule has 30 heavy (non-hydrogen) atoms. The van der Waals surface area contributed by atoms with Crippen LogP contribution in [0, 0.1) is 49.4 Å². The zero-order chi connectivity index (χ0) is 21.9. The van der Waals surface area contributed by atoms with E-state index in [9.17, 15) is 22.2 Å². The molecule has 2 aromatic rings. The van der Waals surface area contributed by atoms with Gasteiger partial charge in [0.05, 0.1) is 0 Å². The molecule has 0 unspecified atom stereocenters. The average Bonchev–Trinajstić information content (AvgIpc) is 2.70. The van der Waals surface area contributed by atoms with Gasteiger partial charge in [0.1, 0.15) is 0 Å². The standard InChI is InChI=1S/C14H9F3O2.C8H18OS.Eu/c15-14(16,17)13(19)8-12(18)11-6-5-9-3-1-2-4-10(9)7-11;1-3-5-7-10(9)8-6-4-2;/h1-8,19H;3-8H2,1-2H3;/b13-8-;;. The number of benzene rings is 2. The molecule has 0 saturated carbocycles. The average molecular weight is 580 g/mol. The van der Waals surface area contributed by atoms with Crippen molar-refractivity contribution in [2.75, 3.05) is 11.5 Å². The molecule has 0 bridgehead atoms. The van der Waals surface area contributed by atoms with Gasteiger partial charge in [0.25, 0.3) is 0 Å². The number of aliphatic hydroxyl groups is 1. The van der Waals surface area contributed by atoms with Gasteiger partial charge in [-0.1, -0.05) is 63.1 Å². The van der Waals surface area contributed by atoms with Gasteiger partial charge in [-0.2, -0.15) is 13.2 Å². The summed E-state index contributed by atoms with van der Waals surface area (Å²) in [4.78, 5) is 11.6. The first-order valence-corrected chi connectivity index (χ1v) is 11.0. The number of fused-ring (bicyclic) bond motifs is 1.